The molecule has 0 saturated carbocycles. The van der Waals surface area contributed by atoms with E-state index in [0.29, 0.717) is 5.75 Å². The van der Waals surface area contributed by atoms with Crippen LogP contribution < -0.4 is 0 Å². The summed E-state index contributed by atoms with van der Waals surface area (Å²) in [5.41, 5.74) is 0. The van der Waals surface area contributed by atoms with E-state index in [1.807, 2.05) is 0 Å². The van der Waals surface area contributed by atoms with Gasteiger partial charge in [0.2, 0.25) is 0 Å². The first-order valence-electron chi connectivity index (χ1n) is 4.14. The van der Waals surface area contributed by atoms with Gasteiger partial charge in [0.1, 0.15) is 6.17 Å². The highest BCUT2D eigenvalue weighted by Gasteiger charge is 2.28. The molecule has 6 heteroatoms. The highest BCUT2D eigenvalue weighted by molar-refractivity contribution is 8.13. The molecule has 1 nitrogen and oxygen atoms in total. The number of thioether (sulfide) groups is 1. The molecule has 14 heavy (non-hydrogen) atoms. The summed E-state index contributed by atoms with van der Waals surface area (Å²) in [4.78, 5) is 10.4. The van der Waals surface area contributed by atoms with Crippen LogP contribution in [0, 0.1) is 0 Å². The Labute approximate surface area is 84.2 Å². The van der Waals surface area contributed by atoms with E-state index in [1.165, 1.54) is 6.92 Å². The van der Waals surface area contributed by atoms with Crippen LogP contribution in [0.25, 0.3) is 0 Å². The highest BCUT2D eigenvalue weighted by atomic mass is 32.2. The van der Waals surface area contributed by atoms with E-state index in [2.05, 4.69) is 0 Å². The van der Waals surface area contributed by atoms with Crippen molar-refractivity contribution in [3.8, 4) is 0 Å². The van der Waals surface area contributed by atoms with E-state index >= 15 is 0 Å². The molecule has 84 valence electrons. The third-order valence-electron chi connectivity index (χ3n) is 1.52. The molecule has 0 spiro atoms. The molecule has 2 unspecified atom stereocenters. The van der Waals surface area contributed by atoms with Gasteiger partial charge < -0.3 is 0 Å². The van der Waals surface area contributed by atoms with E-state index < -0.39 is 18.8 Å². The zero-order valence-electron chi connectivity index (χ0n) is 7.68. The molecule has 0 aliphatic heterocycles. The summed E-state index contributed by atoms with van der Waals surface area (Å²) in [5, 5.41) is -0.119. The lowest BCUT2D eigenvalue weighted by Gasteiger charge is -2.11. The Kier molecular flexibility index (Phi) is 6.96. The molecule has 0 rings (SSSR count). The van der Waals surface area contributed by atoms with Gasteiger partial charge in [-0.15, -0.1) is 0 Å². The summed E-state index contributed by atoms with van der Waals surface area (Å²) < 4.78 is 48.2. The Balaban J connectivity index is 3.53. The van der Waals surface area contributed by atoms with Crippen LogP contribution in [-0.4, -0.2) is 29.6 Å². The van der Waals surface area contributed by atoms with Gasteiger partial charge >= 0.3 is 0 Å². The number of rotatable bonds is 6. The monoisotopic (exact) mass is 232 g/mol. The molecule has 0 aliphatic carbocycles. The van der Waals surface area contributed by atoms with Gasteiger partial charge in [0, 0.05) is 12.7 Å². The summed E-state index contributed by atoms with van der Waals surface area (Å²) >= 11 is 0.978. The summed E-state index contributed by atoms with van der Waals surface area (Å²) in [6.07, 6.45) is -8.17. The van der Waals surface area contributed by atoms with E-state index in [0.717, 1.165) is 11.8 Å². The van der Waals surface area contributed by atoms with Gasteiger partial charge in [-0.25, -0.2) is 17.6 Å². The first-order valence-corrected chi connectivity index (χ1v) is 5.13. The van der Waals surface area contributed by atoms with Gasteiger partial charge in [0.05, 0.1) is 0 Å². The first-order chi connectivity index (χ1) is 6.45. The third-order valence-corrected chi connectivity index (χ3v) is 2.42. The Bertz CT molecular complexity index is 177. The summed E-state index contributed by atoms with van der Waals surface area (Å²) in [6, 6.07) is 0. The molecule has 0 fully saturated rings. The van der Waals surface area contributed by atoms with Crippen LogP contribution in [0.1, 0.15) is 19.8 Å². The standard InChI is InChI=1S/C8H12F4OS/c1-5(13)14-4-2-3-6(9)7(10)8(11)12/h6-8H,2-4H2,1H3. The Morgan fingerprint density at radius 2 is 1.86 bits per heavy atom. The van der Waals surface area contributed by atoms with Crippen LogP contribution in [-0.2, 0) is 4.79 Å². The lowest BCUT2D eigenvalue weighted by molar-refractivity contribution is -0.109. The molecular formula is C8H12F4OS. The number of hydrogen-bond donors (Lipinski definition) is 0. The predicted molar refractivity (Wildman–Crippen MR) is 48.2 cm³/mol. The average Bonchev–Trinajstić information content (AvgIpc) is 2.10. The number of hydrogen-bond acceptors (Lipinski definition) is 2. The Morgan fingerprint density at radius 1 is 1.29 bits per heavy atom. The fraction of sp³-hybridized carbons (Fsp3) is 0.875. The molecule has 0 aliphatic rings. The minimum absolute atomic E-state index is 0.119. The summed E-state index contributed by atoms with van der Waals surface area (Å²) in [7, 11) is 0. The maximum Gasteiger partial charge on any atom is 0.272 e. The second-order valence-corrected chi connectivity index (χ2v) is 4.05. The topological polar surface area (TPSA) is 17.1 Å². The third kappa shape index (κ3) is 6.23. The van der Waals surface area contributed by atoms with Crippen molar-refractivity contribution in [3.05, 3.63) is 0 Å². The first kappa shape index (κ1) is 13.7. The average molecular weight is 232 g/mol. The number of alkyl halides is 4. The molecule has 0 bridgehead atoms. The lowest BCUT2D eigenvalue weighted by atomic mass is 10.1. The number of halogens is 4. The van der Waals surface area contributed by atoms with Crippen LogP contribution in [0.3, 0.4) is 0 Å². The summed E-state index contributed by atoms with van der Waals surface area (Å²) in [5.74, 6) is 0.339. The number of carbonyl (C=O) groups is 1. The second-order valence-electron chi connectivity index (χ2n) is 2.78. The quantitative estimate of drug-likeness (QED) is 0.517. The van der Waals surface area contributed by atoms with E-state index in [1.54, 1.807) is 0 Å². The van der Waals surface area contributed by atoms with Crippen molar-refractivity contribution in [2.45, 2.75) is 38.5 Å². The number of carbonyl (C=O) groups excluding carboxylic acids is 1. The summed E-state index contributed by atoms with van der Waals surface area (Å²) in [6.45, 7) is 1.36. The van der Waals surface area contributed by atoms with Crippen LogP contribution in [0.4, 0.5) is 17.6 Å². The van der Waals surface area contributed by atoms with Gasteiger partial charge in [-0.05, 0) is 12.8 Å². The van der Waals surface area contributed by atoms with Crippen molar-refractivity contribution in [2.24, 2.45) is 0 Å². The second kappa shape index (κ2) is 7.09. The van der Waals surface area contributed by atoms with Crippen LogP contribution in [0.5, 0.6) is 0 Å². The van der Waals surface area contributed by atoms with Gasteiger partial charge in [-0.3, -0.25) is 4.79 Å². The van der Waals surface area contributed by atoms with Crippen molar-refractivity contribution in [3.63, 3.8) is 0 Å². The molecule has 0 N–H and O–H groups in total. The van der Waals surface area contributed by atoms with Crippen molar-refractivity contribution in [2.75, 3.05) is 5.75 Å². The highest BCUT2D eigenvalue weighted by Crippen LogP contribution is 2.18. The fourth-order valence-electron chi connectivity index (χ4n) is 0.811. The maximum atomic E-state index is 12.6. The van der Waals surface area contributed by atoms with Gasteiger partial charge in [0.25, 0.3) is 6.43 Å². The zero-order chi connectivity index (χ0) is 11.1. The van der Waals surface area contributed by atoms with Crippen molar-refractivity contribution >= 4 is 16.9 Å². The van der Waals surface area contributed by atoms with Gasteiger partial charge in [0.15, 0.2) is 11.3 Å². The largest absolute Gasteiger partial charge is 0.288 e. The smallest absolute Gasteiger partial charge is 0.272 e. The molecule has 0 aromatic carbocycles. The maximum absolute atomic E-state index is 12.6. The van der Waals surface area contributed by atoms with Crippen LogP contribution in [0.15, 0.2) is 0 Å². The van der Waals surface area contributed by atoms with Crippen molar-refractivity contribution < 1.29 is 22.4 Å². The van der Waals surface area contributed by atoms with E-state index in [9.17, 15) is 22.4 Å². The molecule has 2 atom stereocenters. The van der Waals surface area contributed by atoms with E-state index in [4.69, 9.17) is 0 Å². The normalized spacial score (nSPS) is 15.6. The van der Waals surface area contributed by atoms with Gasteiger partial charge in [-0.2, -0.15) is 0 Å². The van der Waals surface area contributed by atoms with E-state index in [-0.39, 0.29) is 18.0 Å². The Hall–Kier alpha value is -0.260. The molecular weight excluding hydrogens is 220 g/mol. The van der Waals surface area contributed by atoms with Crippen LogP contribution >= 0.6 is 11.8 Å². The minimum Gasteiger partial charge on any atom is -0.288 e. The molecule has 0 aromatic rings. The van der Waals surface area contributed by atoms with Crippen molar-refractivity contribution in [1.82, 2.24) is 0 Å². The lowest BCUT2D eigenvalue weighted by Crippen LogP contribution is -2.25. The predicted octanol–water partition coefficient (Wildman–Crippen LogP) is 2.99. The molecule has 0 saturated heterocycles. The van der Waals surface area contributed by atoms with Crippen LogP contribution in [0.2, 0.25) is 0 Å². The molecule has 0 radical (unpaired) electrons. The SMILES string of the molecule is CC(=O)SCCCC(F)C(F)C(F)F. The van der Waals surface area contributed by atoms with Gasteiger partial charge in [-0.1, -0.05) is 11.8 Å². The molecule has 0 aromatic heterocycles. The fourth-order valence-corrected chi connectivity index (χ4v) is 1.41. The Morgan fingerprint density at radius 3 is 2.29 bits per heavy atom. The van der Waals surface area contributed by atoms with Crippen molar-refractivity contribution in [1.29, 1.82) is 0 Å². The molecule has 0 amide bonds. The molecule has 0 heterocycles. The minimum atomic E-state index is -3.27. The zero-order valence-corrected chi connectivity index (χ0v) is 8.50.